The smallest absolute Gasteiger partial charge is 0.339 e. The highest BCUT2D eigenvalue weighted by atomic mass is 32.2. The number of para-hydroxylation sites is 1. The van der Waals surface area contributed by atoms with Gasteiger partial charge in [-0.2, -0.15) is 0 Å². The first-order valence-electron chi connectivity index (χ1n) is 8.64. The van der Waals surface area contributed by atoms with Crippen LogP contribution >= 0.6 is 11.3 Å². The van der Waals surface area contributed by atoms with Crippen LogP contribution in [0.3, 0.4) is 0 Å². The van der Waals surface area contributed by atoms with Crippen LogP contribution in [0.1, 0.15) is 23.0 Å². The molecule has 0 radical (unpaired) electrons. The molecule has 7 nitrogen and oxygen atoms in total. The molecule has 0 atom stereocenters. The molecule has 3 aromatic rings. The third kappa shape index (κ3) is 4.71. The van der Waals surface area contributed by atoms with Crippen LogP contribution in [0, 0.1) is 5.82 Å². The van der Waals surface area contributed by atoms with Gasteiger partial charge in [0.05, 0.1) is 21.8 Å². The Bertz CT molecular complexity index is 1210. The number of thiazole rings is 1. The Kier molecular flexibility index (Phi) is 6.28. The van der Waals surface area contributed by atoms with E-state index in [0.717, 1.165) is 22.5 Å². The molecule has 0 spiro atoms. The molecule has 0 bridgehead atoms. The van der Waals surface area contributed by atoms with Gasteiger partial charge in [0.25, 0.3) is 0 Å². The zero-order chi connectivity index (χ0) is 21.9. The average molecular weight is 448 g/mol. The molecular weight excluding hydrogens is 431 g/mol. The Morgan fingerprint density at radius 2 is 1.80 bits per heavy atom. The zero-order valence-corrected chi connectivity index (χ0v) is 17.7. The van der Waals surface area contributed by atoms with Gasteiger partial charge in [-0.1, -0.05) is 24.3 Å². The molecular formula is C20H17FN2O5S2. The van der Waals surface area contributed by atoms with Gasteiger partial charge >= 0.3 is 5.97 Å². The molecule has 156 valence electrons. The van der Waals surface area contributed by atoms with Gasteiger partial charge in [0.15, 0.2) is 15.0 Å². The van der Waals surface area contributed by atoms with E-state index in [2.05, 4.69) is 4.98 Å². The second-order valence-electron chi connectivity index (χ2n) is 6.27. The van der Waals surface area contributed by atoms with Crippen LogP contribution in [-0.4, -0.2) is 31.5 Å². The van der Waals surface area contributed by atoms with E-state index >= 15 is 0 Å². The number of carbonyl (C=O) groups excluding carboxylic acids is 2. The monoisotopic (exact) mass is 448 g/mol. The molecule has 0 fully saturated rings. The predicted octanol–water partition coefficient (Wildman–Crippen LogP) is 3.73. The number of nitrogens with zero attached hydrogens (tertiary/aromatic N) is 2. The van der Waals surface area contributed by atoms with Gasteiger partial charge in [-0.25, -0.2) is 22.6 Å². The van der Waals surface area contributed by atoms with Crippen molar-refractivity contribution in [1.82, 2.24) is 4.98 Å². The van der Waals surface area contributed by atoms with Gasteiger partial charge < -0.3 is 4.74 Å². The third-order valence-corrected chi connectivity index (χ3v) is 6.03. The molecule has 3 rings (SSSR count). The second kappa shape index (κ2) is 8.72. The maximum atomic E-state index is 14.1. The van der Waals surface area contributed by atoms with Crippen LogP contribution in [0.5, 0.6) is 0 Å². The van der Waals surface area contributed by atoms with E-state index < -0.39 is 27.5 Å². The van der Waals surface area contributed by atoms with E-state index in [1.165, 1.54) is 49.4 Å². The van der Waals surface area contributed by atoms with Crippen molar-refractivity contribution in [3.8, 4) is 0 Å². The highest BCUT2D eigenvalue weighted by molar-refractivity contribution is 7.90. The Morgan fingerprint density at radius 1 is 1.13 bits per heavy atom. The Labute approximate surface area is 176 Å². The van der Waals surface area contributed by atoms with Gasteiger partial charge in [0.1, 0.15) is 12.4 Å². The van der Waals surface area contributed by atoms with Crippen LogP contribution in [0.2, 0.25) is 0 Å². The topological polar surface area (TPSA) is 93.6 Å². The number of halogens is 1. The third-order valence-electron chi connectivity index (χ3n) is 4.00. The van der Waals surface area contributed by atoms with Crippen LogP contribution in [0.25, 0.3) is 0 Å². The Morgan fingerprint density at radius 3 is 2.47 bits per heavy atom. The fourth-order valence-electron chi connectivity index (χ4n) is 2.68. The van der Waals surface area contributed by atoms with E-state index in [1.54, 1.807) is 11.4 Å². The number of esters is 1. The van der Waals surface area contributed by atoms with Crippen LogP contribution in [0.4, 0.5) is 15.2 Å². The number of sulfone groups is 1. The normalized spacial score (nSPS) is 11.2. The molecule has 0 aliphatic carbocycles. The highest BCUT2D eigenvalue weighted by Gasteiger charge is 2.22. The van der Waals surface area contributed by atoms with Gasteiger partial charge in [-0.15, -0.1) is 11.3 Å². The molecule has 30 heavy (non-hydrogen) atoms. The second-order valence-corrected chi connectivity index (χ2v) is 9.09. The summed E-state index contributed by atoms with van der Waals surface area (Å²) in [6, 6.07) is 11.5. The van der Waals surface area contributed by atoms with Crippen LogP contribution in [-0.2, 0) is 26.0 Å². The number of hydrogen-bond acceptors (Lipinski definition) is 7. The molecule has 1 heterocycles. The van der Waals surface area contributed by atoms with E-state index in [4.69, 9.17) is 4.74 Å². The van der Waals surface area contributed by atoms with Gasteiger partial charge in [-0.3, -0.25) is 9.69 Å². The summed E-state index contributed by atoms with van der Waals surface area (Å²) in [5.41, 5.74) is 0.319. The number of benzene rings is 2. The van der Waals surface area contributed by atoms with Crippen molar-refractivity contribution in [2.24, 2.45) is 0 Å². The highest BCUT2D eigenvalue weighted by Crippen LogP contribution is 2.31. The maximum absolute atomic E-state index is 14.1. The fourth-order valence-corrected chi connectivity index (χ4v) is 4.42. The number of anilines is 2. The first-order valence-corrected chi connectivity index (χ1v) is 11.4. The molecule has 1 aromatic heterocycles. The lowest BCUT2D eigenvalue weighted by molar-refractivity contribution is -0.115. The minimum Gasteiger partial charge on any atom is -0.456 e. The summed E-state index contributed by atoms with van der Waals surface area (Å²) < 4.78 is 43.0. The van der Waals surface area contributed by atoms with Gasteiger partial charge in [0.2, 0.25) is 5.91 Å². The standard InChI is InChI=1S/C20H17FN2O5S2/c1-13(24)23(17-9-5-4-8-16(17)21)20-22-14(12-29-20)11-28-19(25)15-7-3-6-10-18(15)30(2,26)27/h3-10,12H,11H2,1-2H3. The molecule has 0 saturated heterocycles. The first-order chi connectivity index (χ1) is 14.2. The summed E-state index contributed by atoms with van der Waals surface area (Å²) in [5, 5.41) is 1.79. The quantitative estimate of drug-likeness (QED) is 0.534. The lowest BCUT2D eigenvalue weighted by atomic mass is 10.2. The minimum atomic E-state index is -3.61. The molecule has 1 amide bonds. The molecule has 0 N–H and O–H groups in total. The predicted molar refractivity (Wildman–Crippen MR) is 110 cm³/mol. The van der Waals surface area contributed by atoms with E-state index in [-0.39, 0.29) is 27.9 Å². The van der Waals surface area contributed by atoms with Gasteiger partial charge in [-0.05, 0) is 24.3 Å². The van der Waals surface area contributed by atoms with Crippen molar-refractivity contribution in [3.63, 3.8) is 0 Å². The molecule has 0 aliphatic heterocycles. The molecule has 10 heteroatoms. The first kappa shape index (κ1) is 21.6. The summed E-state index contributed by atoms with van der Waals surface area (Å²) in [7, 11) is -3.61. The van der Waals surface area contributed by atoms with E-state index in [1.807, 2.05) is 0 Å². The number of hydrogen-bond donors (Lipinski definition) is 0. The van der Waals surface area contributed by atoms with Crippen molar-refractivity contribution in [3.05, 3.63) is 71.0 Å². The van der Waals surface area contributed by atoms with Gasteiger partial charge in [0, 0.05) is 18.6 Å². The lowest BCUT2D eigenvalue weighted by Crippen LogP contribution is -2.23. The molecule has 0 aliphatic rings. The Hall–Kier alpha value is -3.11. The van der Waals surface area contributed by atoms with Crippen molar-refractivity contribution >= 4 is 43.9 Å². The van der Waals surface area contributed by atoms with E-state index in [0.29, 0.717) is 5.69 Å². The Balaban J connectivity index is 1.79. The summed E-state index contributed by atoms with van der Waals surface area (Å²) >= 11 is 1.08. The SMILES string of the molecule is CC(=O)N(c1nc(COC(=O)c2ccccc2S(C)(=O)=O)cs1)c1ccccc1F. The summed E-state index contributed by atoms with van der Waals surface area (Å²) in [6.45, 7) is 1.05. The minimum absolute atomic E-state index is 0.0602. The number of ether oxygens (including phenoxy) is 1. The number of amides is 1. The number of rotatable bonds is 6. The largest absolute Gasteiger partial charge is 0.456 e. The molecule has 0 unspecified atom stereocenters. The van der Waals surface area contributed by atoms with Crippen LogP contribution < -0.4 is 4.90 Å². The number of carbonyl (C=O) groups is 2. The zero-order valence-electron chi connectivity index (χ0n) is 16.0. The number of aromatic nitrogens is 1. The maximum Gasteiger partial charge on any atom is 0.339 e. The van der Waals surface area contributed by atoms with E-state index in [9.17, 15) is 22.4 Å². The fraction of sp³-hybridized carbons (Fsp3) is 0.150. The summed E-state index contributed by atoms with van der Waals surface area (Å²) in [4.78, 5) is 29.7. The molecule has 0 saturated carbocycles. The van der Waals surface area contributed by atoms with Crippen LogP contribution in [0.15, 0.2) is 58.8 Å². The average Bonchev–Trinajstić information content (AvgIpc) is 3.15. The van der Waals surface area contributed by atoms with Crippen molar-refractivity contribution in [1.29, 1.82) is 0 Å². The van der Waals surface area contributed by atoms with Crippen molar-refractivity contribution < 1.29 is 27.1 Å². The summed E-state index contributed by atoms with van der Waals surface area (Å²) in [6.07, 6.45) is 1.00. The van der Waals surface area contributed by atoms with Crippen molar-refractivity contribution in [2.45, 2.75) is 18.4 Å². The lowest BCUT2D eigenvalue weighted by Gasteiger charge is -2.18. The molecule has 2 aromatic carbocycles. The van der Waals surface area contributed by atoms with Crippen molar-refractivity contribution in [2.75, 3.05) is 11.2 Å². The summed E-state index contributed by atoms with van der Waals surface area (Å²) in [5.74, 6) is -1.82.